The van der Waals surface area contributed by atoms with Crippen molar-refractivity contribution in [3.8, 4) is 6.01 Å². The first-order valence-electron chi connectivity index (χ1n) is 4.54. The molecule has 1 aliphatic carbocycles. The number of hydrogen-bond donors (Lipinski definition) is 0. The molecule has 3 heteroatoms. The van der Waals surface area contributed by atoms with Crippen molar-refractivity contribution in [3.63, 3.8) is 0 Å². The highest BCUT2D eigenvalue weighted by Crippen LogP contribution is 2.39. The number of hydrogen-bond acceptors (Lipinski definition) is 3. The Morgan fingerprint density at radius 2 is 2.08 bits per heavy atom. The smallest absolute Gasteiger partial charge is 0.316 e. The van der Waals surface area contributed by atoms with Crippen molar-refractivity contribution < 1.29 is 4.74 Å². The lowest BCUT2D eigenvalue weighted by atomic mass is 9.71. The van der Waals surface area contributed by atoms with E-state index in [2.05, 4.69) is 16.9 Å². The fraction of sp³-hybridized carbons (Fsp3) is 0.500. The van der Waals surface area contributed by atoms with Gasteiger partial charge in [0.05, 0.1) is 6.61 Å². The van der Waals surface area contributed by atoms with Crippen LogP contribution < -0.4 is 4.74 Å². The van der Waals surface area contributed by atoms with Gasteiger partial charge in [-0.25, -0.2) is 9.97 Å². The summed E-state index contributed by atoms with van der Waals surface area (Å²) in [7, 11) is 0. The maximum Gasteiger partial charge on any atom is 0.316 e. The predicted molar refractivity (Wildman–Crippen MR) is 49.2 cm³/mol. The lowest BCUT2D eigenvalue weighted by Crippen LogP contribution is -2.32. The Hall–Kier alpha value is -1.12. The van der Waals surface area contributed by atoms with Gasteiger partial charge in [-0.2, -0.15) is 0 Å². The van der Waals surface area contributed by atoms with Crippen LogP contribution in [0.5, 0.6) is 6.01 Å². The second-order valence-corrected chi connectivity index (χ2v) is 3.67. The summed E-state index contributed by atoms with van der Waals surface area (Å²) in [4.78, 5) is 7.96. The molecule has 0 amide bonds. The Bertz CT molecular complexity index is 270. The van der Waals surface area contributed by atoms with E-state index in [4.69, 9.17) is 4.74 Å². The summed E-state index contributed by atoms with van der Waals surface area (Å²) in [5.41, 5.74) is 0.124. The van der Waals surface area contributed by atoms with Crippen LogP contribution in [0.4, 0.5) is 0 Å². The number of ether oxygens (including phenoxy) is 1. The van der Waals surface area contributed by atoms with E-state index in [1.807, 2.05) is 0 Å². The Morgan fingerprint density at radius 1 is 1.38 bits per heavy atom. The summed E-state index contributed by atoms with van der Waals surface area (Å²) in [6, 6.07) is 2.23. The third-order valence-electron chi connectivity index (χ3n) is 2.46. The largest absolute Gasteiger partial charge is 0.463 e. The topological polar surface area (TPSA) is 35.0 Å². The van der Waals surface area contributed by atoms with Gasteiger partial charge in [-0.1, -0.05) is 6.42 Å². The fourth-order valence-corrected chi connectivity index (χ4v) is 1.40. The number of rotatable bonds is 3. The molecule has 0 spiro atoms. The van der Waals surface area contributed by atoms with Crippen molar-refractivity contribution in [2.45, 2.75) is 19.3 Å². The maximum absolute atomic E-state index is 5.43. The van der Waals surface area contributed by atoms with Gasteiger partial charge in [0.1, 0.15) is 0 Å². The molecule has 1 saturated carbocycles. The van der Waals surface area contributed by atoms with Crippen molar-refractivity contribution in [3.05, 3.63) is 25.4 Å². The van der Waals surface area contributed by atoms with Crippen LogP contribution in [0.2, 0.25) is 0 Å². The highest BCUT2D eigenvalue weighted by molar-refractivity contribution is 4.96. The van der Waals surface area contributed by atoms with Crippen LogP contribution >= 0.6 is 0 Å². The minimum Gasteiger partial charge on any atom is -0.463 e. The minimum absolute atomic E-state index is 0.124. The highest BCUT2D eigenvalue weighted by atomic mass is 16.5. The van der Waals surface area contributed by atoms with Gasteiger partial charge in [-0.05, 0) is 25.8 Å². The van der Waals surface area contributed by atoms with Crippen molar-refractivity contribution in [2.24, 2.45) is 5.41 Å². The molecule has 0 aliphatic heterocycles. The quantitative estimate of drug-likeness (QED) is 0.706. The minimum atomic E-state index is 0.124. The van der Waals surface area contributed by atoms with Gasteiger partial charge in [0.2, 0.25) is 0 Å². The Balaban J connectivity index is 1.86. The average Bonchev–Trinajstić information content (AvgIpc) is 2.13. The zero-order chi connectivity index (χ0) is 9.15. The summed E-state index contributed by atoms with van der Waals surface area (Å²) >= 11 is 0. The molecule has 69 valence electrons. The van der Waals surface area contributed by atoms with E-state index in [1.165, 1.54) is 6.42 Å². The second-order valence-electron chi connectivity index (χ2n) is 3.67. The monoisotopic (exact) mass is 177 g/mol. The number of nitrogens with zero attached hydrogens (tertiary/aromatic N) is 2. The molecule has 0 aromatic carbocycles. The standard InChI is InChI=1S/C10H13N2O/c1-10(4-2-5-10)8-13-9-11-6-3-7-12-9/h3,6-7H,1-2,4-5,8H2. The second kappa shape index (κ2) is 3.32. The van der Waals surface area contributed by atoms with Gasteiger partial charge >= 0.3 is 6.01 Å². The first-order chi connectivity index (χ1) is 6.29. The lowest BCUT2D eigenvalue weighted by molar-refractivity contribution is 0.0978. The SMILES string of the molecule is [CH2]C1(COc2ncccn2)CCC1. The van der Waals surface area contributed by atoms with Crippen LogP contribution in [-0.4, -0.2) is 16.6 Å². The van der Waals surface area contributed by atoms with Crippen molar-refractivity contribution in [1.29, 1.82) is 0 Å². The van der Waals surface area contributed by atoms with Crippen LogP contribution in [0.25, 0.3) is 0 Å². The van der Waals surface area contributed by atoms with E-state index < -0.39 is 0 Å². The normalized spacial score (nSPS) is 19.2. The lowest BCUT2D eigenvalue weighted by Gasteiger charge is -2.37. The molecule has 1 aromatic rings. The molecule has 3 nitrogen and oxygen atoms in total. The molecule has 1 heterocycles. The van der Waals surface area contributed by atoms with Crippen LogP contribution in [-0.2, 0) is 0 Å². The van der Waals surface area contributed by atoms with Gasteiger partial charge in [0.25, 0.3) is 0 Å². The third kappa shape index (κ3) is 1.97. The summed E-state index contributed by atoms with van der Waals surface area (Å²) in [6.45, 7) is 4.75. The molecule has 0 bridgehead atoms. The van der Waals surface area contributed by atoms with Crippen LogP contribution in [0.3, 0.4) is 0 Å². The molecular formula is C10H13N2O. The molecule has 1 fully saturated rings. The van der Waals surface area contributed by atoms with Crippen molar-refractivity contribution in [2.75, 3.05) is 6.61 Å². The van der Waals surface area contributed by atoms with Crippen LogP contribution in [0.15, 0.2) is 18.5 Å². The molecular weight excluding hydrogens is 164 g/mol. The van der Waals surface area contributed by atoms with E-state index >= 15 is 0 Å². The summed E-state index contributed by atoms with van der Waals surface area (Å²) < 4.78 is 5.43. The van der Waals surface area contributed by atoms with Crippen molar-refractivity contribution >= 4 is 0 Å². The average molecular weight is 177 g/mol. The van der Waals surface area contributed by atoms with Gasteiger partial charge in [0, 0.05) is 17.8 Å². The van der Waals surface area contributed by atoms with E-state index in [9.17, 15) is 0 Å². The van der Waals surface area contributed by atoms with Gasteiger partial charge in [-0.15, -0.1) is 0 Å². The van der Waals surface area contributed by atoms with E-state index in [0.717, 1.165) is 12.8 Å². The fourth-order valence-electron chi connectivity index (χ4n) is 1.40. The van der Waals surface area contributed by atoms with Gasteiger partial charge in [-0.3, -0.25) is 0 Å². The zero-order valence-corrected chi connectivity index (χ0v) is 7.57. The summed E-state index contributed by atoms with van der Waals surface area (Å²) in [6.07, 6.45) is 6.93. The molecule has 1 radical (unpaired) electrons. The molecule has 0 saturated heterocycles. The van der Waals surface area contributed by atoms with Gasteiger partial charge < -0.3 is 4.74 Å². The zero-order valence-electron chi connectivity index (χ0n) is 7.57. The number of aromatic nitrogens is 2. The molecule has 2 rings (SSSR count). The van der Waals surface area contributed by atoms with Crippen LogP contribution in [0, 0.1) is 12.3 Å². The molecule has 13 heavy (non-hydrogen) atoms. The Kier molecular flexibility index (Phi) is 2.17. The van der Waals surface area contributed by atoms with E-state index in [-0.39, 0.29) is 5.41 Å². The Labute approximate surface area is 78.2 Å². The van der Waals surface area contributed by atoms with E-state index in [0.29, 0.717) is 12.6 Å². The third-order valence-corrected chi connectivity index (χ3v) is 2.46. The highest BCUT2D eigenvalue weighted by Gasteiger charge is 2.32. The first kappa shape index (κ1) is 8.48. The summed E-state index contributed by atoms with van der Waals surface area (Å²) in [5.74, 6) is 0. The molecule has 0 atom stereocenters. The van der Waals surface area contributed by atoms with Crippen molar-refractivity contribution in [1.82, 2.24) is 9.97 Å². The summed E-state index contributed by atoms with van der Waals surface area (Å²) in [5, 5.41) is 0. The van der Waals surface area contributed by atoms with E-state index in [1.54, 1.807) is 18.5 Å². The molecule has 0 N–H and O–H groups in total. The maximum atomic E-state index is 5.43. The molecule has 1 aliphatic rings. The molecule has 1 aromatic heterocycles. The Morgan fingerprint density at radius 3 is 2.62 bits per heavy atom. The van der Waals surface area contributed by atoms with Gasteiger partial charge in [0.15, 0.2) is 0 Å². The molecule has 0 unspecified atom stereocenters. The first-order valence-corrected chi connectivity index (χ1v) is 4.54. The predicted octanol–water partition coefficient (Wildman–Crippen LogP) is 1.86. The van der Waals surface area contributed by atoms with Crippen LogP contribution in [0.1, 0.15) is 19.3 Å².